The van der Waals surface area contributed by atoms with Crippen LogP contribution >= 0.6 is 11.8 Å². The van der Waals surface area contributed by atoms with Gasteiger partial charge in [0.25, 0.3) is 11.1 Å². The third-order valence-electron chi connectivity index (χ3n) is 4.17. The quantitative estimate of drug-likeness (QED) is 0.625. The van der Waals surface area contributed by atoms with Gasteiger partial charge >= 0.3 is 5.97 Å². The van der Waals surface area contributed by atoms with Crippen LogP contribution in [0.25, 0.3) is 6.08 Å². The maximum atomic E-state index is 12.2. The van der Waals surface area contributed by atoms with E-state index in [9.17, 15) is 14.4 Å². The summed E-state index contributed by atoms with van der Waals surface area (Å²) in [6, 6.07) is 2.47. The van der Waals surface area contributed by atoms with Gasteiger partial charge in [-0.3, -0.25) is 19.3 Å². The molecule has 1 aliphatic carbocycles. The van der Waals surface area contributed by atoms with Gasteiger partial charge in [0.2, 0.25) is 0 Å². The molecule has 0 radical (unpaired) electrons. The Bertz CT molecular complexity index is 673. The summed E-state index contributed by atoms with van der Waals surface area (Å²) >= 11 is 0.852. The number of hydrogen-bond acceptors (Lipinski definition) is 5. The van der Waals surface area contributed by atoms with Gasteiger partial charge in [-0.1, -0.05) is 12.8 Å². The molecule has 2 aliphatic rings. The lowest BCUT2D eigenvalue weighted by molar-refractivity contribution is -0.143. The lowest BCUT2D eigenvalue weighted by atomic mass is 10.2. The fraction of sp³-hybridized carbons (Fsp3) is 0.438. The Kier molecular flexibility index (Phi) is 4.56. The molecule has 1 aliphatic heterocycles. The van der Waals surface area contributed by atoms with Gasteiger partial charge in [-0.25, -0.2) is 0 Å². The number of imide groups is 1. The van der Waals surface area contributed by atoms with E-state index in [1.54, 1.807) is 6.08 Å². The van der Waals surface area contributed by atoms with E-state index < -0.39 is 17.1 Å². The van der Waals surface area contributed by atoms with E-state index in [0.717, 1.165) is 22.2 Å². The van der Waals surface area contributed by atoms with Crippen LogP contribution in [0.1, 0.15) is 37.3 Å². The number of thioether (sulfide) groups is 1. The van der Waals surface area contributed by atoms with Crippen molar-refractivity contribution in [1.82, 2.24) is 9.47 Å². The first-order valence-corrected chi connectivity index (χ1v) is 8.40. The first kappa shape index (κ1) is 15.9. The molecule has 0 aromatic carbocycles. The summed E-state index contributed by atoms with van der Waals surface area (Å²) in [6.45, 7) is -0.346. The van der Waals surface area contributed by atoms with Gasteiger partial charge in [-0.05, 0) is 42.3 Å². The maximum absolute atomic E-state index is 12.2. The zero-order valence-corrected chi connectivity index (χ0v) is 13.7. The van der Waals surface area contributed by atoms with E-state index in [1.165, 1.54) is 32.8 Å². The number of ether oxygens (including phenoxy) is 1. The molecule has 122 valence electrons. The van der Waals surface area contributed by atoms with Crippen LogP contribution in [0, 0.1) is 0 Å². The molecule has 1 saturated carbocycles. The van der Waals surface area contributed by atoms with Gasteiger partial charge in [0, 0.05) is 18.4 Å². The van der Waals surface area contributed by atoms with Gasteiger partial charge in [-0.2, -0.15) is 0 Å². The topological polar surface area (TPSA) is 68.6 Å². The van der Waals surface area contributed by atoms with Crippen molar-refractivity contribution in [3.63, 3.8) is 0 Å². The molecule has 0 spiro atoms. The lowest BCUT2D eigenvalue weighted by Crippen LogP contribution is -2.34. The first-order chi connectivity index (χ1) is 11.1. The van der Waals surface area contributed by atoms with Crippen molar-refractivity contribution in [2.45, 2.75) is 31.7 Å². The number of methoxy groups -OCH3 is 1. The molecule has 1 aromatic rings. The van der Waals surface area contributed by atoms with E-state index >= 15 is 0 Å². The van der Waals surface area contributed by atoms with Crippen molar-refractivity contribution in [3.05, 3.63) is 28.9 Å². The summed E-state index contributed by atoms with van der Waals surface area (Å²) in [4.78, 5) is 36.6. The fourth-order valence-electron chi connectivity index (χ4n) is 2.93. The summed E-state index contributed by atoms with van der Waals surface area (Å²) in [7, 11) is 1.23. The van der Waals surface area contributed by atoms with Crippen LogP contribution in [0.15, 0.2) is 23.4 Å². The smallest absolute Gasteiger partial charge is 0.325 e. The highest BCUT2D eigenvalue weighted by Crippen LogP contribution is 2.33. The van der Waals surface area contributed by atoms with Gasteiger partial charge in [0.05, 0.1) is 12.0 Å². The molecule has 7 heteroatoms. The van der Waals surface area contributed by atoms with Crippen molar-refractivity contribution >= 4 is 35.0 Å². The molecule has 1 aromatic heterocycles. The number of rotatable bonds is 4. The Hall–Kier alpha value is -2.02. The molecule has 0 atom stereocenters. The molecular weight excluding hydrogens is 316 g/mol. The number of carbonyl (C=O) groups is 3. The van der Waals surface area contributed by atoms with Crippen LogP contribution in [0.5, 0.6) is 0 Å². The molecule has 0 N–H and O–H groups in total. The molecular formula is C16H18N2O4S. The maximum Gasteiger partial charge on any atom is 0.325 e. The normalized spacial score (nSPS) is 20.7. The Morgan fingerprint density at radius 3 is 2.83 bits per heavy atom. The first-order valence-electron chi connectivity index (χ1n) is 7.58. The molecule has 3 rings (SSSR count). The van der Waals surface area contributed by atoms with E-state index in [2.05, 4.69) is 9.30 Å². The standard InChI is InChI=1S/C16H18N2O4S/c1-22-14(19)10-18-15(20)13(23-16(18)21)8-11-6-7-17(9-11)12-4-2-3-5-12/h6-9,12H,2-5,10H2,1H3/b13-8-. The SMILES string of the molecule is COC(=O)CN1C(=O)S/C(=C\c2ccn(C3CCCC3)c2)C1=O. The number of amides is 2. The highest BCUT2D eigenvalue weighted by atomic mass is 32.2. The summed E-state index contributed by atoms with van der Waals surface area (Å²) < 4.78 is 6.68. The Labute approximate surface area is 138 Å². The molecule has 23 heavy (non-hydrogen) atoms. The minimum absolute atomic E-state index is 0.336. The highest BCUT2D eigenvalue weighted by Gasteiger charge is 2.36. The highest BCUT2D eigenvalue weighted by molar-refractivity contribution is 8.18. The second kappa shape index (κ2) is 6.62. The second-order valence-electron chi connectivity index (χ2n) is 5.67. The van der Waals surface area contributed by atoms with Crippen LogP contribution in [0.4, 0.5) is 4.79 Å². The molecule has 2 amide bonds. The Morgan fingerprint density at radius 1 is 1.39 bits per heavy atom. The molecule has 0 bridgehead atoms. The Morgan fingerprint density at radius 2 is 2.13 bits per heavy atom. The minimum Gasteiger partial charge on any atom is -0.468 e. The third kappa shape index (κ3) is 3.34. The van der Waals surface area contributed by atoms with Gasteiger partial charge in [-0.15, -0.1) is 0 Å². The van der Waals surface area contributed by atoms with Crippen molar-refractivity contribution < 1.29 is 19.1 Å². The minimum atomic E-state index is -0.610. The van der Waals surface area contributed by atoms with Crippen LogP contribution in [0.2, 0.25) is 0 Å². The molecule has 6 nitrogen and oxygen atoms in total. The number of nitrogens with zero attached hydrogens (tertiary/aromatic N) is 2. The van der Waals surface area contributed by atoms with Crippen molar-refractivity contribution in [3.8, 4) is 0 Å². The zero-order chi connectivity index (χ0) is 16.4. The van der Waals surface area contributed by atoms with E-state index in [0.29, 0.717) is 10.9 Å². The van der Waals surface area contributed by atoms with Crippen LogP contribution in [0.3, 0.4) is 0 Å². The van der Waals surface area contributed by atoms with E-state index in [-0.39, 0.29) is 6.54 Å². The average molecular weight is 334 g/mol. The Balaban J connectivity index is 1.74. The van der Waals surface area contributed by atoms with Gasteiger partial charge in [0.1, 0.15) is 6.54 Å². The fourth-order valence-corrected chi connectivity index (χ4v) is 3.76. The van der Waals surface area contributed by atoms with Crippen molar-refractivity contribution in [1.29, 1.82) is 0 Å². The predicted octanol–water partition coefficient (Wildman–Crippen LogP) is 2.81. The van der Waals surface area contributed by atoms with Crippen LogP contribution < -0.4 is 0 Å². The third-order valence-corrected chi connectivity index (χ3v) is 5.08. The summed E-state index contributed by atoms with van der Waals surface area (Å²) in [5, 5.41) is -0.443. The number of hydrogen-bond donors (Lipinski definition) is 0. The zero-order valence-electron chi connectivity index (χ0n) is 12.9. The molecule has 2 fully saturated rings. The molecule has 2 heterocycles. The van der Waals surface area contributed by atoms with Gasteiger partial charge < -0.3 is 9.30 Å². The van der Waals surface area contributed by atoms with Crippen molar-refractivity contribution in [2.24, 2.45) is 0 Å². The monoisotopic (exact) mass is 334 g/mol. The molecule has 0 unspecified atom stereocenters. The van der Waals surface area contributed by atoms with Gasteiger partial charge in [0.15, 0.2) is 0 Å². The predicted molar refractivity (Wildman–Crippen MR) is 86.6 cm³/mol. The van der Waals surface area contributed by atoms with Crippen LogP contribution in [-0.2, 0) is 14.3 Å². The molecule has 1 saturated heterocycles. The summed E-state index contributed by atoms with van der Waals surface area (Å²) in [5.74, 6) is -1.06. The average Bonchev–Trinajstić information content (AvgIpc) is 3.25. The second-order valence-corrected chi connectivity index (χ2v) is 6.67. The number of carbonyl (C=O) groups excluding carboxylic acids is 3. The number of aromatic nitrogens is 1. The number of esters is 1. The summed E-state index contributed by atoms with van der Waals surface area (Å²) in [6.07, 6.45) is 10.6. The van der Waals surface area contributed by atoms with Crippen LogP contribution in [-0.4, -0.2) is 40.2 Å². The van der Waals surface area contributed by atoms with Crippen molar-refractivity contribution in [2.75, 3.05) is 13.7 Å². The van der Waals surface area contributed by atoms with E-state index in [1.807, 2.05) is 18.5 Å². The summed E-state index contributed by atoms with van der Waals surface area (Å²) in [5.41, 5.74) is 0.889. The lowest BCUT2D eigenvalue weighted by Gasteiger charge is -2.10. The van der Waals surface area contributed by atoms with E-state index in [4.69, 9.17) is 0 Å². The largest absolute Gasteiger partial charge is 0.468 e.